The number of nitrogens with zero attached hydrogens (tertiary/aromatic N) is 1. The molecule has 20 heavy (non-hydrogen) atoms. The van der Waals surface area contributed by atoms with E-state index in [1.165, 1.54) is 7.11 Å². The Hall–Kier alpha value is -1.55. The second kappa shape index (κ2) is 8.59. The van der Waals surface area contributed by atoms with E-state index < -0.39 is 0 Å². The number of carbonyl (C=O) groups excluding carboxylic acids is 2. The number of ether oxygens (including phenoxy) is 1. The van der Waals surface area contributed by atoms with Gasteiger partial charge in [-0.25, -0.2) is 0 Å². The first kappa shape index (κ1) is 16.5. The fourth-order valence-electron chi connectivity index (χ4n) is 1.80. The van der Waals surface area contributed by atoms with Crippen molar-refractivity contribution in [3.05, 3.63) is 34.9 Å². The summed E-state index contributed by atoms with van der Waals surface area (Å²) < 4.78 is 4.61. The van der Waals surface area contributed by atoms with Crippen molar-refractivity contribution < 1.29 is 14.3 Å². The highest BCUT2D eigenvalue weighted by molar-refractivity contribution is 6.33. The van der Waals surface area contributed by atoms with Crippen LogP contribution in [0, 0.1) is 0 Å². The third kappa shape index (κ3) is 4.85. The van der Waals surface area contributed by atoms with Gasteiger partial charge in [-0.15, -0.1) is 0 Å². The molecule has 1 amide bonds. The quantitative estimate of drug-likeness (QED) is 0.726. The first-order valence-electron chi connectivity index (χ1n) is 6.70. The van der Waals surface area contributed by atoms with Gasteiger partial charge in [-0.1, -0.05) is 37.1 Å². The van der Waals surface area contributed by atoms with Crippen molar-refractivity contribution in [3.63, 3.8) is 0 Å². The van der Waals surface area contributed by atoms with Crippen LogP contribution in [-0.4, -0.2) is 37.0 Å². The molecule has 0 saturated heterocycles. The van der Waals surface area contributed by atoms with Crippen LogP contribution >= 0.6 is 11.6 Å². The van der Waals surface area contributed by atoms with Crippen molar-refractivity contribution >= 4 is 23.5 Å². The maximum atomic E-state index is 12.5. The molecule has 0 saturated carbocycles. The average Bonchev–Trinajstić information content (AvgIpc) is 2.47. The predicted molar refractivity (Wildman–Crippen MR) is 78.9 cm³/mol. The lowest BCUT2D eigenvalue weighted by atomic mass is 10.1. The van der Waals surface area contributed by atoms with E-state index in [-0.39, 0.29) is 18.3 Å². The second-order valence-corrected chi connectivity index (χ2v) is 4.86. The summed E-state index contributed by atoms with van der Waals surface area (Å²) in [6.45, 7) is 3.01. The van der Waals surface area contributed by atoms with Gasteiger partial charge in [-0.3, -0.25) is 9.59 Å². The normalized spacial score (nSPS) is 10.2. The van der Waals surface area contributed by atoms with E-state index in [1.54, 1.807) is 29.2 Å². The van der Waals surface area contributed by atoms with Gasteiger partial charge in [0.25, 0.3) is 5.91 Å². The van der Waals surface area contributed by atoms with E-state index >= 15 is 0 Å². The topological polar surface area (TPSA) is 46.6 Å². The van der Waals surface area contributed by atoms with Gasteiger partial charge < -0.3 is 9.64 Å². The fourth-order valence-corrected chi connectivity index (χ4v) is 2.01. The van der Waals surface area contributed by atoms with Crippen molar-refractivity contribution in [2.45, 2.75) is 26.2 Å². The Kier molecular flexibility index (Phi) is 7.09. The molecule has 0 spiro atoms. The van der Waals surface area contributed by atoms with Gasteiger partial charge in [-0.05, 0) is 18.6 Å². The van der Waals surface area contributed by atoms with Crippen molar-refractivity contribution in [1.29, 1.82) is 0 Å². The Balaban J connectivity index is 2.78. The summed E-state index contributed by atoms with van der Waals surface area (Å²) in [6, 6.07) is 6.94. The van der Waals surface area contributed by atoms with Crippen molar-refractivity contribution in [1.82, 2.24) is 4.90 Å². The molecule has 110 valence electrons. The molecule has 0 aliphatic carbocycles. The molecule has 0 fully saturated rings. The molecule has 0 atom stereocenters. The zero-order valence-corrected chi connectivity index (χ0v) is 12.7. The fraction of sp³-hybridized carbons (Fsp3) is 0.467. The van der Waals surface area contributed by atoms with Gasteiger partial charge >= 0.3 is 5.97 Å². The smallest absolute Gasteiger partial charge is 0.307 e. The molecular weight excluding hydrogens is 278 g/mol. The number of rotatable bonds is 7. The zero-order chi connectivity index (χ0) is 15.0. The lowest BCUT2D eigenvalue weighted by Gasteiger charge is -2.22. The Morgan fingerprint density at radius 1 is 1.25 bits per heavy atom. The van der Waals surface area contributed by atoms with Crippen LogP contribution in [0.3, 0.4) is 0 Å². The van der Waals surface area contributed by atoms with Crippen LogP contribution in [0.5, 0.6) is 0 Å². The van der Waals surface area contributed by atoms with Crippen LogP contribution in [-0.2, 0) is 9.53 Å². The first-order valence-corrected chi connectivity index (χ1v) is 7.08. The van der Waals surface area contributed by atoms with Gasteiger partial charge in [-0.2, -0.15) is 0 Å². The minimum absolute atomic E-state index is 0.145. The van der Waals surface area contributed by atoms with E-state index in [1.807, 2.05) is 0 Å². The standard InChI is InChI=1S/C15H20ClNO3/c1-3-4-10-17(11-9-14(18)20-2)15(19)12-7-5-6-8-13(12)16/h5-8H,3-4,9-11H2,1-2H3. The summed E-state index contributed by atoms with van der Waals surface area (Å²) >= 11 is 6.05. The highest BCUT2D eigenvalue weighted by Gasteiger charge is 2.18. The number of carbonyl (C=O) groups is 2. The summed E-state index contributed by atoms with van der Waals surface area (Å²) in [5, 5.41) is 0.428. The molecule has 0 N–H and O–H groups in total. The maximum Gasteiger partial charge on any atom is 0.307 e. The number of esters is 1. The lowest BCUT2D eigenvalue weighted by Crippen LogP contribution is -2.34. The van der Waals surface area contributed by atoms with Gasteiger partial charge in [0.1, 0.15) is 0 Å². The molecule has 0 unspecified atom stereocenters. The first-order chi connectivity index (χ1) is 9.60. The van der Waals surface area contributed by atoms with E-state index in [4.69, 9.17) is 11.6 Å². The highest BCUT2D eigenvalue weighted by atomic mass is 35.5. The molecule has 1 rings (SSSR count). The Morgan fingerprint density at radius 3 is 2.55 bits per heavy atom. The Bertz CT molecular complexity index is 462. The summed E-state index contributed by atoms with van der Waals surface area (Å²) in [6.07, 6.45) is 2.05. The monoisotopic (exact) mass is 297 g/mol. The summed E-state index contributed by atoms with van der Waals surface area (Å²) in [7, 11) is 1.34. The predicted octanol–water partition coefficient (Wildman–Crippen LogP) is 3.15. The molecule has 1 aromatic rings. The Morgan fingerprint density at radius 2 is 1.95 bits per heavy atom. The molecule has 1 aromatic carbocycles. The lowest BCUT2D eigenvalue weighted by molar-refractivity contribution is -0.140. The van der Waals surface area contributed by atoms with Crippen molar-refractivity contribution in [2.75, 3.05) is 20.2 Å². The van der Waals surface area contributed by atoms with Gasteiger partial charge in [0.2, 0.25) is 0 Å². The second-order valence-electron chi connectivity index (χ2n) is 4.45. The van der Waals surface area contributed by atoms with Gasteiger partial charge in [0.05, 0.1) is 24.1 Å². The van der Waals surface area contributed by atoms with Crippen molar-refractivity contribution in [3.8, 4) is 0 Å². The number of benzene rings is 1. The number of methoxy groups -OCH3 is 1. The molecular formula is C15H20ClNO3. The molecule has 0 aliphatic rings. The minimum atomic E-state index is -0.321. The average molecular weight is 298 g/mol. The molecule has 5 heteroatoms. The number of hydrogen-bond acceptors (Lipinski definition) is 3. The van der Waals surface area contributed by atoms with Crippen LogP contribution < -0.4 is 0 Å². The molecule has 0 radical (unpaired) electrons. The van der Waals surface area contributed by atoms with E-state index in [9.17, 15) is 9.59 Å². The maximum absolute atomic E-state index is 12.5. The van der Waals surface area contributed by atoms with Crippen LogP contribution in [0.25, 0.3) is 0 Å². The summed E-state index contributed by atoms with van der Waals surface area (Å²) in [4.78, 5) is 25.3. The number of amides is 1. The highest BCUT2D eigenvalue weighted by Crippen LogP contribution is 2.17. The van der Waals surface area contributed by atoms with E-state index in [0.717, 1.165) is 12.8 Å². The number of unbranched alkanes of at least 4 members (excludes halogenated alkanes) is 1. The summed E-state index contributed by atoms with van der Waals surface area (Å²) in [5.41, 5.74) is 0.468. The largest absolute Gasteiger partial charge is 0.469 e. The van der Waals surface area contributed by atoms with Gasteiger partial charge in [0.15, 0.2) is 0 Å². The van der Waals surface area contributed by atoms with Crippen molar-refractivity contribution in [2.24, 2.45) is 0 Å². The minimum Gasteiger partial charge on any atom is -0.469 e. The van der Waals surface area contributed by atoms with Gasteiger partial charge in [0, 0.05) is 13.1 Å². The van der Waals surface area contributed by atoms with Crippen LogP contribution in [0.15, 0.2) is 24.3 Å². The zero-order valence-electron chi connectivity index (χ0n) is 11.9. The van der Waals surface area contributed by atoms with Crippen LogP contribution in [0.2, 0.25) is 5.02 Å². The molecule has 4 nitrogen and oxygen atoms in total. The molecule has 0 heterocycles. The number of halogens is 1. The summed E-state index contributed by atoms with van der Waals surface area (Å²) in [5.74, 6) is -0.466. The molecule has 0 bridgehead atoms. The van der Waals surface area contributed by atoms with Crippen LogP contribution in [0.4, 0.5) is 0 Å². The third-order valence-corrected chi connectivity index (χ3v) is 3.32. The van der Waals surface area contributed by atoms with Crippen LogP contribution in [0.1, 0.15) is 36.5 Å². The molecule has 0 aliphatic heterocycles. The Labute approximate surface area is 124 Å². The molecule has 0 aromatic heterocycles. The van der Waals surface area contributed by atoms with E-state index in [2.05, 4.69) is 11.7 Å². The third-order valence-electron chi connectivity index (χ3n) is 2.99. The van der Waals surface area contributed by atoms with E-state index in [0.29, 0.717) is 23.7 Å². The number of hydrogen-bond donors (Lipinski definition) is 0. The SMILES string of the molecule is CCCCN(CCC(=O)OC)C(=O)c1ccccc1Cl.